The Labute approximate surface area is 123 Å². The van der Waals surface area contributed by atoms with E-state index in [1.54, 1.807) is 0 Å². The summed E-state index contributed by atoms with van der Waals surface area (Å²) in [6, 6.07) is 15.7. The minimum absolute atomic E-state index is 0.00324. The average Bonchev–Trinajstić information content (AvgIpc) is 2.46. The third-order valence-electron chi connectivity index (χ3n) is 2.83. The number of amides is 1. The Morgan fingerprint density at radius 2 is 1.95 bits per heavy atom. The number of carbonyl (C=O) groups excluding carboxylic acids is 1. The number of nitrogens with one attached hydrogen (secondary N) is 1. The maximum Gasteiger partial charge on any atom is 0.234 e. The molecule has 0 bridgehead atoms. The predicted octanol–water partition coefficient (Wildman–Crippen LogP) is 3.18. The van der Waals surface area contributed by atoms with Gasteiger partial charge >= 0.3 is 0 Å². The van der Waals surface area contributed by atoms with E-state index >= 15 is 0 Å². The molecule has 0 saturated carbocycles. The highest BCUT2D eigenvalue weighted by Gasteiger charge is 2.04. The molecule has 0 radical (unpaired) electrons. The number of rotatable bonds is 5. The van der Waals surface area contributed by atoms with Gasteiger partial charge in [-0.15, -0.1) is 11.8 Å². The molecule has 0 aliphatic carbocycles. The van der Waals surface area contributed by atoms with Crippen LogP contribution < -0.4 is 11.1 Å². The second kappa shape index (κ2) is 7.12. The molecule has 1 amide bonds. The fourth-order valence-corrected chi connectivity index (χ4v) is 2.49. The Balaban J connectivity index is 1.85. The lowest BCUT2D eigenvalue weighted by atomic mass is 10.2. The van der Waals surface area contributed by atoms with E-state index in [0.717, 1.165) is 21.7 Å². The quantitative estimate of drug-likeness (QED) is 0.830. The zero-order valence-electron chi connectivity index (χ0n) is 11.4. The van der Waals surface area contributed by atoms with Crippen LogP contribution in [0.5, 0.6) is 0 Å². The molecule has 2 aromatic rings. The average molecular weight is 286 g/mol. The molecule has 2 aromatic carbocycles. The lowest BCUT2D eigenvalue weighted by Crippen LogP contribution is -2.13. The van der Waals surface area contributed by atoms with Crippen LogP contribution in [-0.4, -0.2) is 11.7 Å². The van der Waals surface area contributed by atoms with Crippen LogP contribution in [0.2, 0.25) is 0 Å². The zero-order chi connectivity index (χ0) is 14.4. The van der Waals surface area contributed by atoms with Crippen LogP contribution in [0.4, 0.5) is 5.69 Å². The first-order valence-corrected chi connectivity index (χ1v) is 7.44. The van der Waals surface area contributed by atoms with Crippen molar-refractivity contribution in [2.24, 2.45) is 5.73 Å². The van der Waals surface area contributed by atoms with Crippen LogP contribution in [0, 0.1) is 6.92 Å². The summed E-state index contributed by atoms with van der Waals surface area (Å²) >= 11 is 1.52. The Morgan fingerprint density at radius 3 is 2.60 bits per heavy atom. The van der Waals surface area contributed by atoms with Crippen molar-refractivity contribution in [2.45, 2.75) is 18.4 Å². The summed E-state index contributed by atoms with van der Waals surface area (Å²) in [5.74, 6) is 0.402. The molecule has 0 fully saturated rings. The molecule has 3 N–H and O–H groups in total. The molecule has 0 saturated heterocycles. The van der Waals surface area contributed by atoms with E-state index in [0.29, 0.717) is 12.3 Å². The Bertz CT molecular complexity index is 581. The molecular weight excluding hydrogens is 268 g/mol. The summed E-state index contributed by atoms with van der Waals surface area (Å²) in [6.07, 6.45) is 0. The summed E-state index contributed by atoms with van der Waals surface area (Å²) in [4.78, 5) is 12.9. The molecule has 0 unspecified atom stereocenters. The summed E-state index contributed by atoms with van der Waals surface area (Å²) in [5.41, 5.74) is 8.62. The summed E-state index contributed by atoms with van der Waals surface area (Å²) < 4.78 is 0. The third-order valence-corrected chi connectivity index (χ3v) is 3.84. The minimum atomic E-state index is 0.00324. The molecule has 0 aliphatic rings. The van der Waals surface area contributed by atoms with Crippen LogP contribution in [0.15, 0.2) is 53.4 Å². The summed E-state index contributed by atoms with van der Waals surface area (Å²) in [7, 11) is 0. The van der Waals surface area contributed by atoms with Gasteiger partial charge < -0.3 is 11.1 Å². The van der Waals surface area contributed by atoms with E-state index in [4.69, 9.17) is 5.73 Å². The van der Waals surface area contributed by atoms with E-state index in [9.17, 15) is 4.79 Å². The first-order chi connectivity index (χ1) is 9.67. The van der Waals surface area contributed by atoms with E-state index in [1.165, 1.54) is 11.8 Å². The predicted molar refractivity (Wildman–Crippen MR) is 84.9 cm³/mol. The fourth-order valence-electron chi connectivity index (χ4n) is 1.79. The van der Waals surface area contributed by atoms with Crippen molar-refractivity contribution in [3.63, 3.8) is 0 Å². The van der Waals surface area contributed by atoms with Crippen molar-refractivity contribution >= 4 is 23.4 Å². The van der Waals surface area contributed by atoms with Gasteiger partial charge in [0.05, 0.1) is 5.75 Å². The Morgan fingerprint density at radius 1 is 1.20 bits per heavy atom. The van der Waals surface area contributed by atoms with E-state index < -0.39 is 0 Å². The topological polar surface area (TPSA) is 55.1 Å². The van der Waals surface area contributed by atoms with E-state index in [2.05, 4.69) is 5.32 Å². The number of nitrogens with two attached hydrogens (primary N) is 1. The molecule has 104 valence electrons. The normalized spacial score (nSPS) is 10.3. The van der Waals surface area contributed by atoms with Crippen molar-refractivity contribution in [3.05, 3.63) is 59.7 Å². The van der Waals surface area contributed by atoms with E-state index in [-0.39, 0.29) is 5.91 Å². The highest BCUT2D eigenvalue weighted by Crippen LogP contribution is 2.19. The fraction of sp³-hybridized carbons (Fsp3) is 0.188. The molecule has 0 aliphatic heterocycles. The van der Waals surface area contributed by atoms with Gasteiger partial charge in [0.1, 0.15) is 0 Å². The van der Waals surface area contributed by atoms with E-state index in [1.807, 2.05) is 55.5 Å². The summed E-state index contributed by atoms with van der Waals surface area (Å²) in [5, 5.41) is 2.90. The number of carbonyl (C=O) groups is 1. The third kappa shape index (κ3) is 4.40. The highest BCUT2D eigenvalue weighted by molar-refractivity contribution is 8.00. The Kier molecular flexibility index (Phi) is 5.21. The van der Waals surface area contributed by atoms with Crippen LogP contribution in [0.3, 0.4) is 0 Å². The maximum atomic E-state index is 11.9. The molecule has 3 nitrogen and oxygen atoms in total. The first-order valence-electron chi connectivity index (χ1n) is 6.46. The number of hydrogen-bond donors (Lipinski definition) is 2. The van der Waals surface area contributed by atoms with Gasteiger partial charge in [0.15, 0.2) is 0 Å². The molecule has 0 heterocycles. The van der Waals surface area contributed by atoms with Crippen LogP contribution >= 0.6 is 11.8 Å². The zero-order valence-corrected chi connectivity index (χ0v) is 12.2. The lowest BCUT2D eigenvalue weighted by Gasteiger charge is -2.06. The summed E-state index contributed by atoms with van der Waals surface area (Å²) in [6.45, 7) is 2.54. The number of aryl methyl sites for hydroxylation is 1. The van der Waals surface area contributed by atoms with Gasteiger partial charge in [-0.25, -0.2) is 0 Å². The number of anilines is 1. The molecule has 2 rings (SSSR count). The number of thioether (sulfide) groups is 1. The highest BCUT2D eigenvalue weighted by atomic mass is 32.2. The first kappa shape index (κ1) is 14.6. The number of benzene rings is 2. The van der Waals surface area contributed by atoms with Gasteiger partial charge in [-0.2, -0.15) is 0 Å². The van der Waals surface area contributed by atoms with Crippen molar-refractivity contribution in [1.29, 1.82) is 0 Å². The molecule has 0 aromatic heterocycles. The van der Waals surface area contributed by atoms with Crippen LogP contribution in [0.25, 0.3) is 0 Å². The van der Waals surface area contributed by atoms with Crippen molar-refractivity contribution in [2.75, 3.05) is 11.1 Å². The van der Waals surface area contributed by atoms with Crippen LogP contribution in [-0.2, 0) is 11.3 Å². The smallest absolute Gasteiger partial charge is 0.234 e. The van der Waals surface area contributed by atoms with Crippen molar-refractivity contribution in [3.8, 4) is 0 Å². The van der Waals surface area contributed by atoms with Gasteiger partial charge in [0.25, 0.3) is 0 Å². The SMILES string of the molecule is Cc1cccc(NC(=O)CSc2ccc(CN)cc2)c1. The van der Waals surface area contributed by atoms with Gasteiger partial charge in [-0.05, 0) is 42.3 Å². The monoisotopic (exact) mass is 286 g/mol. The molecule has 0 spiro atoms. The minimum Gasteiger partial charge on any atom is -0.326 e. The van der Waals surface area contributed by atoms with Gasteiger partial charge in [-0.1, -0.05) is 24.3 Å². The molecule has 20 heavy (non-hydrogen) atoms. The number of hydrogen-bond acceptors (Lipinski definition) is 3. The second-order valence-corrected chi connectivity index (χ2v) is 5.60. The van der Waals surface area contributed by atoms with Gasteiger partial charge in [0, 0.05) is 17.1 Å². The molecule has 4 heteroatoms. The van der Waals surface area contributed by atoms with Gasteiger partial charge in [-0.3, -0.25) is 4.79 Å². The maximum absolute atomic E-state index is 11.9. The van der Waals surface area contributed by atoms with Gasteiger partial charge in [0.2, 0.25) is 5.91 Å². The second-order valence-electron chi connectivity index (χ2n) is 4.55. The lowest BCUT2D eigenvalue weighted by molar-refractivity contribution is -0.113. The standard InChI is InChI=1S/C16H18N2OS/c1-12-3-2-4-14(9-12)18-16(19)11-20-15-7-5-13(10-17)6-8-15/h2-9H,10-11,17H2,1H3,(H,18,19). The van der Waals surface area contributed by atoms with Crippen molar-refractivity contribution < 1.29 is 4.79 Å². The Hall–Kier alpha value is -1.78. The van der Waals surface area contributed by atoms with Crippen molar-refractivity contribution in [1.82, 2.24) is 0 Å². The molecular formula is C16H18N2OS. The van der Waals surface area contributed by atoms with Crippen LogP contribution in [0.1, 0.15) is 11.1 Å². The largest absolute Gasteiger partial charge is 0.326 e. The molecule has 0 atom stereocenters.